The first kappa shape index (κ1) is 15.7. The SMILES string of the molecule is CCCCC(CC)CC(O)c1ccc(Br)cc1C. The van der Waals surface area contributed by atoms with Crippen molar-refractivity contribution in [1.82, 2.24) is 0 Å². The molecule has 2 atom stereocenters. The Labute approximate surface area is 120 Å². The van der Waals surface area contributed by atoms with Crippen molar-refractivity contribution in [3.63, 3.8) is 0 Å². The van der Waals surface area contributed by atoms with E-state index in [0.29, 0.717) is 5.92 Å². The van der Waals surface area contributed by atoms with Crippen LogP contribution in [0.25, 0.3) is 0 Å². The van der Waals surface area contributed by atoms with Gasteiger partial charge in [0.25, 0.3) is 0 Å². The zero-order chi connectivity index (χ0) is 13.5. The summed E-state index contributed by atoms with van der Waals surface area (Å²) in [5.41, 5.74) is 2.25. The number of aliphatic hydroxyl groups is 1. The van der Waals surface area contributed by atoms with Crippen LogP contribution in [0, 0.1) is 12.8 Å². The van der Waals surface area contributed by atoms with E-state index < -0.39 is 0 Å². The van der Waals surface area contributed by atoms with Crippen molar-refractivity contribution in [3.8, 4) is 0 Å². The lowest BCUT2D eigenvalue weighted by Gasteiger charge is -2.20. The molecule has 0 aliphatic heterocycles. The van der Waals surface area contributed by atoms with Gasteiger partial charge in [0.1, 0.15) is 0 Å². The summed E-state index contributed by atoms with van der Waals surface area (Å²) in [6, 6.07) is 6.13. The summed E-state index contributed by atoms with van der Waals surface area (Å²) in [5.74, 6) is 0.642. The van der Waals surface area contributed by atoms with E-state index in [1.165, 1.54) is 24.8 Å². The number of hydrogen-bond acceptors (Lipinski definition) is 1. The van der Waals surface area contributed by atoms with Crippen LogP contribution >= 0.6 is 15.9 Å². The Kier molecular flexibility index (Phi) is 6.95. The zero-order valence-electron chi connectivity index (χ0n) is 11.7. The molecule has 0 radical (unpaired) electrons. The maximum atomic E-state index is 10.4. The van der Waals surface area contributed by atoms with E-state index in [1.54, 1.807) is 0 Å². The van der Waals surface area contributed by atoms with E-state index in [-0.39, 0.29) is 6.10 Å². The second-order valence-electron chi connectivity index (χ2n) is 5.17. The molecule has 2 heteroatoms. The lowest BCUT2D eigenvalue weighted by atomic mass is 9.89. The Balaban J connectivity index is 2.65. The Bertz CT molecular complexity index is 362. The molecule has 0 spiro atoms. The molecule has 0 aliphatic carbocycles. The third-order valence-electron chi connectivity index (χ3n) is 3.69. The van der Waals surface area contributed by atoms with Crippen LogP contribution in [0.2, 0.25) is 0 Å². The minimum Gasteiger partial charge on any atom is -0.388 e. The van der Waals surface area contributed by atoms with Crippen molar-refractivity contribution in [2.24, 2.45) is 5.92 Å². The van der Waals surface area contributed by atoms with Crippen molar-refractivity contribution >= 4 is 15.9 Å². The van der Waals surface area contributed by atoms with Crippen LogP contribution in [0.3, 0.4) is 0 Å². The molecule has 18 heavy (non-hydrogen) atoms. The Hall–Kier alpha value is -0.340. The first-order chi connectivity index (χ1) is 8.58. The maximum absolute atomic E-state index is 10.4. The smallest absolute Gasteiger partial charge is 0.0795 e. The predicted octanol–water partition coefficient (Wildman–Crippen LogP) is 5.40. The van der Waals surface area contributed by atoms with Crippen LogP contribution in [0.1, 0.15) is 63.2 Å². The lowest BCUT2D eigenvalue weighted by molar-refractivity contribution is 0.138. The highest BCUT2D eigenvalue weighted by Gasteiger charge is 2.16. The van der Waals surface area contributed by atoms with Crippen molar-refractivity contribution in [3.05, 3.63) is 33.8 Å². The van der Waals surface area contributed by atoms with E-state index in [2.05, 4.69) is 42.8 Å². The molecule has 1 N–H and O–H groups in total. The lowest BCUT2D eigenvalue weighted by Crippen LogP contribution is -2.08. The summed E-state index contributed by atoms with van der Waals surface area (Å²) in [6.45, 7) is 6.51. The summed E-state index contributed by atoms with van der Waals surface area (Å²) < 4.78 is 1.08. The van der Waals surface area contributed by atoms with Crippen LogP contribution in [-0.4, -0.2) is 5.11 Å². The van der Waals surface area contributed by atoms with Gasteiger partial charge in [0.2, 0.25) is 0 Å². The van der Waals surface area contributed by atoms with Crippen molar-refractivity contribution in [1.29, 1.82) is 0 Å². The van der Waals surface area contributed by atoms with E-state index in [0.717, 1.165) is 22.9 Å². The molecule has 0 fully saturated rings. The third kappa shape index (κ3) is 4.74. The minimum atomic E-state index is -0.320. The summed E-state index contributed by atoms with van der Waals surface area (Å²) in [5, 5.41) is 10.4. The topological polar surface area (TPSA) is 20.2 Å². The number of unbranched alkanes of at least 4 members (excludes halogenated alkanes) is 1. The number of benzene rings is 1. The third-order valence-corrected chi connectivity index (χ3v) is 4.18. The Morgan fingerprint density at radius 1 is 1.28 bits per heavy atom. The predicted molar refractivity (Wildman–Crippen MR) is 81.8 cm³/mol. The van der Waals surface area contributed by atoms with Gasteiger partial charge < -0.3 is 5.11 Å². The zero-order valence-corrected chi connectivity index (χ0v) is 13.3. The van der Waals surface area contributed by atoms with Gasteiger partial charge in [-0.2, -0.15) is 0 Å². The molecule has 0 saturated carbocycles. The average Bonchev–Trinajstić information content (AvgIpc) is 2.34. The van der Waals surface area contributed by atoms with Crippen LogP contribution in [0.4, 0.5) is 0 Å². The molecule has 0 aromatic heterocycles. The molecule has 0 amide bonds. The molecule has 0 bridgehead atoms. The fourth-order valence-corrected chi connectivity index (χ4v) is 2.91. The van der Waals surface area contributed by atoms with Gasteiger partial charge in [-0.3, -0.25) is 0 Å². The van der Waals surface area contributed by atoms with Gasteiger partial charge in [0.05, 0.1) is 6.10 Å². The summed E-state index contributed by atoms with van der Waals surface area (Å²) in [7, 11) is 0. The van der Waals surface area contributed by atoms with Gasteiger partial charge in [-0.25, -0.2) is 0 Å². The van der Waals surface area contributed by atoms with Gasteiger partial charge in [0.15, 0.2) is 0 Å². The highest BCUT2D eigenvalue weighted by molar-refractivity contribution is 9.10. The monoisotopic (exact) mass is 312 g/mol. The van der Waals surface area contributed by atoms with Gasteiger partial charge >= 0.3 is 0 Å². The van der Waals surface area contributed by atoms with Crippen LogP contribution in [0.5, 0.6) is 0 Å². The van der Waals surface area contributed by atoms with Gasteiger partial charge in [0, 0.05) is 4.47 Å². The second-order valence-corrected chi connectivity index (χ2v) is 6.08. The van der Waals surface area contributed by atoms with Gasteiger partial charge in [-0.15, -0.1) is 0 Å². The fraction of sp³-hybridized carbons (Fsp3) is 0.625. The fourth-order valence-electron chi connectivity index (χ4n) is 2.44. The van der Waals surface area contributed by atoms with Gasteiger partial charge in [-0.1, -0.05) is 61.5 Å². The molecular weight excluding hydrogens is 288 g/mol. The van der Waals surface area contributed by atoms with Crippen molar-refractivity contribution < 1.29 is 5.11 Å². The molecule has 0 aliphatic rings. The second kappa shape index (κ2) is 7.96. The quantitative estimate of drug-likeness (QED) is 0.715. The average molecular weight is 313 g/mol. The van der Waals surface area contributed by atoms with E-state index in [4.69, 9.17) is 0 Å². The molecule has 1 nitrogen and oxygen atoms in total. The van der Waals surface area contributed by atoms with E-state index >= 15 is 0 Å². The molecule has 0 heterocycles. The van der Waals surface area contributed by atoms with Crippen molar-refractivity contribution in [2.45, 2.75) is 59.0 Å². The number of aryl methyl sites for hydroxylation is 1. The molecular formula is C16H25BrO. The first-order valence-corrected chi connectivity index (χ1v) is 7.81. The molecule has 1 aromatic carbocycles. The van der Waals surface area contributed by atoms with Crippen LogP contribution in [0.15, 0.2) is 22.7 Å². The number of aliphatic hydroxyl groups excluding tert-OH is 1. The normalized spacial score (nSPS) is 14.5. The summed E-state index contributed by atoms with van der Waals surface area (Å²) >= 11 is 3.46. The number of hydrogen-bond donors (Lipinski definition) is 1. The molecule has 1 rings (SSSR count). The van der Waals surface area contributed by atoms with E-state index in [9.17, 15) is 5.11 Å². The minimum absolute atomic E-state index is 0.320. The highest BCUT2D eigenvalue weighted by Crippen LogP contribution is 2.29. The molecule has 1 aromatic rings. The van der Waals surface area contributed by atoms with Crippen LogP contribution < -0.4 is 0 Å². The maximum Gasteiger partial charge on any atom is 0.0795 e. The standard InChI is InChI=1S/C16H25BrO/c1-4-6-7-13(5-2)11-16(18)15-9-8-14(17)10-12(15)3/h8-10,13,16,18H,4-7,11H2,1-3H3. The summed E-state index contributed by atoms with van der Waals surface area (Å²) in [6.07, 6.45) is 5.47. The van der Waals surface area contributed by atoms with E-state index in [1.807, 2.05) is 12.1 Å². The van der Waals surface area contributed by atoms with Crippen LogP contribution in [-0.2, 0) is 0 Å². The Morgan fingerprint density at radius 3 is 2.56 bits per heavy atom. The first-order valence-electron chi connectivity index (χ1n) is 7.02. The highest BCUT2D eigenvalue weighted by atomic mass is 79.9. The van der Waals surface area contributed by atoms with Gasteiger partial charge in [-0.05, 0) is 42.5 Å². The summed E-state index contributed by atoms with van der Waals surface area (Å²) in [4.78, 5) is 0. The largest absolute Gasteiger partial charge is 0.388 e. The molecule has 2 unspecified atom stereocenters. The molecule has 102 valence electrons. The molecule has 0 saturated heterocycles. The Morgan fingerprint density at radius 2 is 2.00 bits per heavy atom. The number of halogens is 1. The van der Waals surface area contributed by atoms with Crippen molar-refractivity contribution in [2.75, 3.05) is 0 Å². The number of rotatable bonds is 7.